The largest absolute Gasteiger partial charge is 0.355 e. The van der Waals surface area contributed by atoms with Crippen molar-refractivity contribution in [1.29, 1.82) is 0 Å². The molecule has 0 radical (unpaired) electrons. The first-order valence-electron chi connectivity index (χ1n) is 6.28. The van der Waals surface area contributed by atoms with Crippen LogP contribution in [-0.4, -0.2) is 24.9 Å². The standard InChI is InChI=1S/C13H15FN4O2S/c1-3-15-13-16-7-10(8-17-13)21(19,20)18-12-6-4-5-11(14)9(12)2/h4-8,18H,3H2,1-2H3,(H,15,16,17). The molecule has 1 heterocycles. The van der Waals surface area contributed by atoms with Crippen molar-refractivity contribution in [1.82, 2.24) is 9.97 Å². The second-order valence-electron chi connectivity index (χ2n) is 4.29. The van der Waals surface area contributed by atoms with Gasteiger partial charge in [-0.05, 0) is 26.0 Å². The average Bonchev–Trinajstić information content (AvgIpc) is 2.45. The van der Waals surface area contributed by atoms with Crippen LogP contribution in [0.3, 0.4) is 0 Å². The van der Waals surface area contributed by atoms with Gasteiger partial charge in [-0.3, -0.25) is 4.72 Å². The quantitative estimate of drug-likeness (QED) is 0.884. The lowest BCUT2D eigenvalue weighted by molar-refractivity contribution is 0.600. The summed E-state index contributed by atoms with van der Waals surface area (Å²) in [5, 5.41) is 2.87. The molecule has 2 aromatic rings. The molecule has 0 aliphatic carbocycles. The van der Waals surface area contributed by atoms with Gasteiger partial charge in [0.1, 0.15) is 10.7 Å². The second kappa shape index (κ2) is 6.04. The van der Waals surface area contributed by atoms with Gasteiger partial charge in [0.15, 0.2) is 0 Å². The minimum absolute atomic E-state index is 0.0900. The Morgan fingerprint density at radius 1 is 1.24 bits per heavy atom. The van der Waals surface area contributed by atoms with Gasteiger partial charge < -0.3 is 5.32 Å². The molecule has 0 bridgehead atoms. The number of nitrogens with one attached hydrogen (secondary N) is 2. The minimum atomic E-state index is -3.85. The lowest BCUT2D eigenvalue weighted by Gasteiger charge is -2.10. The number of anilines is 2. The monoisotopic (exact) mass is 310 g/mol. The Balaban J connectivity index is 2.27. The van der Waals surface area contributed by atoms with Crippen LogP contribution in [0.4, 0.5) is 16.0 Å². The summed E-state index contributed by atoms with van der Waals surface area (Å²) in [6.45, 7) is 4.01. The zero-order valence-electron chi connectivity index (χ0n) is 11.6. The van der Waals surface area contributed by atoms with Crippen molar-refractivity contribution in [2.45, 2.75) is 18.7 Å². The molecule has 6 nitrogen and oxygen atoms in total. The Bertz CT molecular complexity index is 732. The van der Waals surface area contributed by atoms with E-state index in [1.54, 1.807) is 0 Å². The fourth-order valence-corrected chi connectivity index (χ4v) is 2.64. The molecule has 112 valence electrons. The van der Waals surface area contributed by atoms with E-state index in [2.05, 4.69) is 20.0 Å². The first-order chi connectivity index (χ1) is 9.94. The van der Waals surface area contributed by atoms with E-state index in [0.717, 1.165) is 0 Å². The third-order valence-corrected chi connectivity index (χ3v) is 4.11. The molecule has 1 aromatic carbocycles. The number of nitrogens with zero attached hydrogens (tertiary/aromatic N) is 2. The van der Waals surface area contributed by atoms with Crippen LogP contribution in [0.1, 0.15) is 12.5 Å². The van der Waals surface area contributed by atoms with Gasteiger partial charge >= 0.3 is 0 Å². The molecule has 2 N–H and O–H groups in total. The van der Waals surface area contributed by atoms with Gasteiger partial charge in [-0.1, -0.05) is 6.07 Å². The highest BCUT2D eigenvalue weighted by molar-refractivity contribution is 7.92. The normalized spacial score (nSPS) is 11.2. The van der Waals surface area contributed by atoms with Gasteiger partial charge in [0, 0.05) is 12.1 Å². The maximum Gasteiger partial charge on any atom is 0.264 e. The summed E-state index contributed by atoms with van der Waals surface area (Å²) in [4.78, 5) is 7.71. The van der Waals surface area contributed by atoms with Crippen LogP contribution in [0.15, 0.2) is 35.5 Å². The first kappa shape index (κ1) is 15.2. The molecule has 21 heavy (non-hydrogen) atoms. The van der Waals surface area contributed by atoms with E-state index in [-0.39, 0.29) is 16.1 Å². The Kier molecular flexibility index (Phi) is 4.37. The molecule has 0 aliphatic heterocycles. The number of halogens is 1. The third kappa shape index (κ3) is 3.46. The summed E-state index contributed by atoms with van der Waals surface area (Å²) in [6, 6.07) is 4.19. The van der Waals surface area contributed by atoms with E-state index in [1.165, 1.54) is 37.5 Å². The van der Waals surface area contributed by atoms with Gasteiger partial charge in [-0.25, -0.2) is 22.8 Å². The number of hydrogen-bond acceptors (Lipinski definition) is 5. The van der Waals surface area contributed by atoms with Gasteiger partial charge in [0.25, 0.3) is 10.0 Å². The highest BCUT2D eigenvalue weighted by Crippen LogP contribution is 2.21. The molecule has 0 amide bonds. The zero-order chi connectivity index (χ0) is 15.5. The number of aromatic nitrogens is 2. The van der Waals surface area contributed by atoms with Gasteiger partial charge in [0.05, 0.1) is 18.1 Å². The van der Waals surface area contributed by atoms with E-state index >= 15 is 0 Å². The van der Waals surface area contributed by atoms with Crippen LogP contribution >= 0.6 is 0 Å². The van der Waals surface area contributed by atoms with Crippen molar-refractivity contribution >= 4 is 21.7 Å². The lowest BCUT2D eigenvalue weighted by atomic mass is 10.2. The van der Waals surface area contributed by atoms with E-state index in [1.807, 2.05) is 6.92 Å². The summed E-state index contributed by atoms with van der Waals surface area (Å²) >= 11 is 0. The smallest absolute Gasteiger partial charge is 0.264 e. The maximum atomic E-state index is 13.4. The van der Waals surface area contributed by atoms with Crippen molar-refractivity contribution in [2.75, 3.05) is 16.6 Å². The van der Waals surface area contributed by atoms with Gasteiger partial charge in [0.2, 0.25) is 5.95 Å². The molecule has 8 heteroatoms. The van der Waals surface area contributed by atoms with Gasteiger partial charge in [-0.2, -0.15) is 0 Å². The Morgan fingerprint density at radius 3 is 2.52 bits per heavy atom. The Labute approximate surface area is 122 Å². The lowest BCUT2D eigenvalue weighted by Crippen LogP contribution is -2.15. The summed E-state index contributed by atoms with van der Waals surface area (Å²) in [6.07, 6.45) is 2.39. The average molecular weight is 310 g/mol. The molecular formula is C13H15FN4O2S. The molecular weight excluding hydrogens is 295 g/mol. The summed E-state index contributed by atoms with van der Waals surface area (Å²) in [5.41, 5.74) is 0.414. The molecule has 0 saturated heterocycles. The molecule has 0 aliphatic rings. The van der Waals surface area contributed by atoms with Gasteiger partial charge in [-0.15, -0.1) is 0 Å². The molecule has 0 spiro atoms. The fourth-order valence-electron chi connectivity index (χ4n) is 1.63. The molecule has 0 saturated carbocycles. The van der Waals surface area contributed by atoms with Crippen molar-refractivity contribution < 1.29 is 12.8 Å². The van der Waals surface area contributed by atoms with Crippen molar-refractivity contribution in [3.63, 3.8) is 0 Å². The SMILES string of the molecule is CCNc1ncc(S(=O)(=O)Nc2cccc(F)c2C)cn1. The zero-order valence-corrected chi connectivity index (χ0v) is 12.4. The summed E-state index contributed by atoms with van der Waals surface area (Å²) < 4.78 is 40.2. The Morgan fingerprint density at radius 2 is 1.90 bits per heavy atom. The van der Waals surface area contributed by atoms with Crippen molar-refractivity contribution in [3.8, 4) is 0 Å². The van der Waals surface area contributed by atoms with Crippen molar-refractivity contribution in [2.24, 2.45) is 0 Å². The maximum absolute atomic E-state index is 13.4. The summed E-state index contributed by atoms with van der Waals surface area (Å²) in [5.74, 6) is -0.132. The van der Waals surface area contributed by atoms with Crippen LogP contribution in [0.5, 0.6) is 0 Å². The highest BCUT2D eigenvalue weighted by atomic mass is 32.2. The molecule has 0 fully saturated rings. The second-order valence-corrected chi connectivity index (χ2v) is 5.97. The van der Waals surface area contributed by atoms with E-state index < -0.39 is 15.8 Å². The van der Waals surface area contributed by atoms with Crippen LogP contribution in [0.25, 0.3) is 0 Å². The van der Waals surface area contributed by atoms with Crippen LogP contribution in [0.2, 0.25) is 0 Å². The topological polar surface area (TPSA) is 84.0 Å². The number of hydrogen-bond donors (Lipinski definition) is 2. The minimum Gasteiger partial charge on any atom is -0.355 e. The van der Waals surface area contributed by atoms with E-state index in [0.29, 0.717) is 12.5 Å². The van der Waals surface area contributed by atoms with E-state index in [4.69, 9.17) is 0 Å². The first-order valence-corrected chi connectivity index (χ1v) is 7.76. The predicted octanol–water partition coefficient (Wildman–Crippen LogP) is 2.16. The molecule has 2 rings (SSSR count). The molecule has 1 aromatic heterocycles. The highest BCUT2D eigenvalue weighted by Gasteiger charge is 2.17. The van der Waals surface area contributed by atoms with Crippen LogP contribution < -0.4 is 10.0 Å². The van der Waals surface area contributed by atoms with E-state index in [9.17, 15) is 12.8 Å². The number of benzene rings is 1. The van der Waals surface area contributed by atoms with Crippen LogP contribution in [0, 0.1) is 12.7 Å². The third-order valence-electron chi connectivity index (χ3n) is 2.79. The number of sulfonamides is 1. The fraction of sp³-hybridized carbons (Fsp3) is 0.231. The Hall–Kier alpha value is -2.22. The van der Waals surface area contributed by atoms with Crippen LogP contribution in [-0.2, 0) is 10.0 Å². The molecule has 0 atom stereocenters. The predicted molar refractivity (Wildman–Crippen MR) is 78.1 cm³/mol. The summed E-state index contributed by atoms with van der Waals surface area (Å²) in [7, 11) is -3.85. The molecule has 0 unspecified atom stereocenters. The number of rotatable bonds is 5. The van der Waals surface area contributed by atoms with Crippen molar-refractivity contribution in [3.05, 3.63) is 42.0 Å².